The summed E-state index contributed by atoms with van der Waals surface area (Å²) in [6.45, 7) is 14.0. The van der Waals surface area contributed by atoms with Gasteiger partial charge in [0.15, 0.2) is 0 Å². The van der Waals surface area contributed by atoms with E-state index in [0.29, 0.717) is 17.8 Å². The third-order valence-corrected chi connectivity index (χ3v) is 3.87. The highest BCUT2D eigenvalue weighted by Gasteiger charge is 2.14. The average Bonchev–Trinajstić information content (AvgIpc) is 2.41. The molecule has 4 nitrogen and oxygen atoms in total. The van der Waals surface area contributed by atoms with E-state index in [2.05, 4.69) is 70.7 Å². The summed E-state index contributed by atoms with van der Waals surface area (Å²) in [6.07, 6.45) is 4.19. The smallest absolute Gasteiger partial charge is 0.224 e. The molecule has 1 N–H and O–H groups in total. The molecule has 5 heteroatoms. The zero-order valence-corrected chi connectivity index (χ0v) is 15.6. The summed E-state index contributed by atoms with van der Waals surface area (Å²) in [5.41, 5.74) is 0. The van der Waals surface area contributed by atoms with Crippen LogP contribution < -0.4 is 10.2 Å². The van der Waals surface area contributed by atoms with Crippen molar-refractivity contribution in [2.45, 2.75) is 47.5 Å². The van der Waals surface area contributed by atoms with Crippen molar-refractivity contribution in [2.24, 2.45) is 11.8 Å². The third-order valence-electron chi connectivity index (χ3n) is 3.31. The van der Waals surface area contributed by atoms with Crippen LogP contribution in [0, 0.1) is 11.8 Å². The first kappa shape index (κ1) is 18.2. The first-order valence-corrected chi connectivity index (χ1v) is 8.74. The lowest BCUT2D eigenvalue weighted by Crippen LogP contribution is -2.29. The van der Waals surface area contributed by atoms with E-state index >= 15 is 0 Å². The second kappa shape index (κ2) is 9.23. The number of halogens is 1. The molecule has 1 aromatic rings. The highest BCUT2D eigenvalue weighted by atomic mass is 79.9. The van der Waals surface area contributed by atoms with Gasteiger partial charge >= 0.3 is 0 Å². The topological polar surface area (TPSA) is 41.1 Å². The Hall–Kier alpha value is -0.840. The lowest BCUT2D eigenvalue weighted by atomic mass is 10.1. The van der Waals surface area contributed by atoms with Gasteiger partial charge in [-0.2, -0.15) is 4.98 Å². The molecule has 0 unspecified atom stereocenters. The van der Waals surface area contributed by atoms with Gasteiger partial charge in [0, 0.05) is 25.8 Å². The summed E-state index contributed by atoms with van der Waals surface area (Å²) in [5, 5.41) is 3.19. The quantitative estimate of drug-likeness (QED) is 0.703. The van der Waals surface area contributed by atoms with Crippen molar-refractivity contribution in [3.05, 3.63) is 10.7 Å². The van der Waals surface area contributed by atoms with E-state index in [1.54, 1.807) is 0 Å². The van der Waals surface area contributed by atoms with Crippen molar-refractivity contribution in [1.82, 2.24) is 9.97 Å². The summed E-state index contributed by atoms with van der Waals surface area (Å²) in [4.78, 5) is 11.4. The molecular formula is C16H29BrN4. The molecule has 21 heavy (non-hydrogen) atoms. The molecule has 1 rings (SSSR count). The van der Waals surface area contributed by atoms with Crippen LogP contribution in [0.15, 0.2) is 10.7 Å². The SMILES string of the molecule is CCNc1ncc(Br)c(N(CCC(C)C)CCC(C)C)n1. The normalized spacial score (nSPS) is 11.2. The maximum Gasteiger partial charge on any atom is 0.224 e. The van der Waals surface area contributed by atoms with E-state index in [9.17, 15) is 0 Å². The fourth-order valence-electron chi connectivity index (χ4n) is 1.97. The standard InChI is InChI=1S/C16H29BrN4/c1-6-18-16-19-11-14(17)15(20-16)21(9-7-12(2)3)10-8-13(4)5/h11-13H,6-10H2,1-5H3,(H,18,19,20). The average molecular weight is 357 g/mol. The molecule has 1 aromatic heterocycles. The van der Waals surface area contributed by atoms with Gasteiger partial charge in [-0.15, -0.1) is 0 Å². The van der Waals surface area contributed by atoms with Crippen LogP contribution in [-0.2, 0) is 0 Å². The van der Waals surface area contributed by atoms with Gasteiger partial charge in [-0.1, -0.05) is 27.7 Å². The van der Waals surface area contributed by atoms with Crippen molar-refractivity contribution < 1.29 is 0 Å². The van der Waals surface area contributed by atoms with Gasteiger partial charge in [-0.25, -0.2) is 4.98 Å². The molecule has 0 fully saturated rings. The Kier molecular flexibility index (Phi) is 8.01. The van der Waals surface area contributed by atoms with Gasteiger partial charge in [0.05, 0.1) is 4.47 Å². The number of nitrogens with one attached hydrogen (secondary N) is 1. The first-order valence-electron chi connectivity index (χ1n) is 7.95. The van der Waals surface area contributed by atoms with Crippen LogP contribution in [0.2, 0.25) is 0 Å². The Morgan fingerprint density at radius 3 is 2.19 bits per heavy atom. The number of rotatable bonds is 9. The van der Waals surface area contributed by atoms with E-state index in [0.717, 1.165) is 29.9 Å². The Balaban J connectivity index is 2.90. The molecule has 0 saturated heterocycles. The third kappa shape index (κ3) is 6.64. The largest absolute Gasteiger partial charge is 0.355 e. The maximum atomic E-state index is 4.68. The molecular weight excluding hydrogens is 328 g/mol. The molecule has 1 heterocycles. The van der Waals surface area contributed by atoms with E-state index < -0.39 is 0 Å². The number of nitrogens with zero attached hydrogens (tertiary/aromatic N) is 3. The Bertz CT molecular complexity index is 409. The predicted octanol–water partition coefficient (Wildman–Crippen LogP) is 4.57. The Morgan fingerprint density at radius 1 is 1.14 bits per heavy atom. The number of hydrogen-bond acceptors (Lipinski definition) is 4. The second-order valence-corrected chi connectivity index (χ2v) is 7.10. The Morgan fingerprint density at radius 2 is 1.71 bits per heavy atom. The molecule has 0 atom stereocenters. The fourth-order valence-corrected chi connectivity index (χ4v) is 2.42. The predicted molar refractivity (Wildman–Crippen MR) is 95.0 cm³/mol. The Labute approximate surface area is 137 Å². The number of anilines is 2. The van der Waals surface area contributed by atoms with Crippen LogP contribution in [0.4, 0.5) is 11.8 Å². The number of hydrogen-bond donors (Lipinski definition) is 1. The minimum Gasteiger partial charge on any atom is -0.355 e. The fraction of sp³-hybridized carbons (Fsp3) is 0.750. The van der Waals surface area contributed by atoms with Gasteiger partial charge < -0.3 is 10.2 Å². The molecule has 0 amide bonds. The van der Waals surface area contributed by atoms with Crippen LogP contribution >= 0.6 is 15.9 Å². The molecule has 0 aliphatic heterocycles. The van der Waals surface area contributed by atoms with Gasteiger partial charge in [0.25, 0.3) is 0 Å². The monoisotopic (exact) mass is 356 g/mol. The lowest BCUT2D eigenvalue weighted by Gasteiger charge is -2.26. The number of aromatic nitrogens is 2. The van der Waals surface area contributed by atoms with Crippen molar-refractivity contribution >= 4 is 27.7 Å². The molecule has 0 aliphatic carbocycles. The second-order valence-electron chi connectivity index (χ2n) is 6.25. The van der Waals surface area contributed by atoms with Crippen molar-refractivity contribution in [2.75, 3.05) is 29.9 Å². The molecule has 0 aromatic carbocycles. The highest BCUT2D eigenvalue weighted by Crippen LogP contribution is 2.25. The van der Waals surface area contributed by atoms with Gasteiger partial charge in [0.2, 0.25) is 5.95 Å². The van der Waals surface area contributed by atoms with E-state index in [4.69, 9.17) is 0 Å². The van der Waals surface area contributed by atoms with Crippen molar-refractivity contribution in [1.29, 1.82) is 0 Å². The van der Waals surface area contributed by atoms with E-state index in [-0.39, 0.29) is 0 Å². The van der Waals surface area contributed by atoms with Crippen LogP contribution in [0.3, 0.4) is 0 Å². The van der Waals surface area contributed by atoms with Crippen molar-refractivity contribution in [3.63, 3.8) is 0 Å². The summed E-state index contributed by atoms with van der Waals surface area (Å²) < 4.78 is 0.969. The first-order chi connectivity index (χ1) is 9.93. The van der Waals surface area contributed by atoms with Gasteiger partial charge in [-0.3, -0.25) is 0 Å². The summed E-state index contributed by atoms with van der Waals surface area (Å²) in [7, 11) is 0. The van der Waals surface area contributed by atoms with E-state index in [1.807, 2.05) is 6.20 Å². The molecule has 120 valence electrons. The zero-order chi connectivity index (χ0) is 15.8. The summed E-state index contributed by atoms with van der Waals surface area (Å²) >= 11 is 3.60. The molecule has 0 aliphatic rings. The van der Waals surface area contributed by atoms with Crippen LogP contribution in [0.5, 0.6) is 0 Å². The van der Waals surface area contributed by atoms with Gasteiger partial charge in [-0.05, 0) is 47.5 Å². The molecule has 0 bridgehead atoms. The highest BCUT2D eigenvalue weighted by molar-refractivity contribution is 9.10. The molecule has 0 radical (unpaired) electrons. The minimum absolute atomic E-state index is 0.695. The lowest BCUT2D eigenvalue weighted by molar-refractivity contribution is 0.532. The van der Waals surface area contributed by atoms with Gasteiger partial charge in [0.1, 0.15) is 5.82 Å². The molecule has 0 saturated carbocycles. The van der Waals surface area contributed by atoms with Crippen LogP contribution in [-0.4, -0.2) is 29.6 Å². The van der Waals surface area contributed by atoms with Crippen LogP contribution in [0.1, 0.15) is 47.5 Å². The van der Waals surface area contributed by atoms with Crippen molar-refractivity contribution in [3.8, 4) is 0 Å². The molecule has 0 spiro atoms. The summed E-state index contributed by atoms with van der Waals surface area (Å²) in [6, 6.07) is 0. The minimum atomic E-state index is 0.695. The van der Waals surface area contributed by atoms with E-state index in [1.165, 1.54) is 12.8 Å². The summed E-state index contributed by atoms with van der Waals surface area (Å²) in [5.74, 6) is 3.10. The van der Waals surface area contributed by atoms with Crippen LogP contribution in [0.25, 0.3) is 0 Å². The maximum absolute atomic E-state index is 4.68. The zero-order valence-electron chi connectivity index (χ0n) is 14.0.